The fraction of sp³-hybridized carbons (Fsp3) is 0.579. The Balaban J connectivity index is 1.89. The van der Waals surface area contributed by atoms with E-state index in [0.29, 0.717) is 26.1 Å². The lowest BCUT2D eigenvalue weighted by atomic mass is 9.99. The van der Waals surface area contributed by atoms with E-state index in [2.05, 4.69) is 5.32 Å². The van der Waals surface area contributed by atoms with Crippen LogP contribution in [-0.2, 0) is 11.2 Å². The molecule has 2 N–H and O–H groups in total. The van der Waals surface area contributed by atoms with Gasteiger partial charge in [-0.05, 0) is 50.3 Å². The lowest BCUT2D eigenvalue weighted by Crippen LogP contribution is -2.43. The molecule has 1 aliphatic heterocycles. The van der Waals surface area contributed by atoms with E-state index in [1.165, 1.54) is 0 Å². The number of nitrogens with one attached hydrogen (secondary N) is 1. The number of nitrogens with zero attached hydrogens (tertiary/aromatic N) is 2. The molecule has 6 heteroatoms. The highest BCUT2D eigenvalue weighted by atomic mass is 16.3. The van der Waals surface area contributed by atoms with Crippen molar-refractivity contribution >= 4 is 17.6 Å². The highest BCUT2D eigenvalue weighted by molar-refractivity contribution is 5.89. The van der Waals surface area contributed by atoms with Crippen LogP contribution in [-0.4, -0.2) is 59.6 Å². The number of urea groups is 1. The monoisotopic (exact) mass is 347 g/mol. The number of benzene rings is 1. The van der Waals surface area contributed by atoms with Gasteiger partial charge in [0.15, 0.2) is 0 Å². The second-order valence-corrected chi connectivity index (χ2v) is 6.51. The molecular weight excluding hydrogens is 318 g/mol. The predicted octanol–water partition coefficient (Wildman–Crippen LogP) is 2.33. The van der Waals surface area contributed by atoms with Crippen molar-refractivity contribution in [1.29, 1.82) is 0 Å². The first-order valence-electron chi connectivity index (χ1n) is 9.10. The molecule has 1 atom stereocenters. The number of hydrogen-bond acceptors (Lipinski definition) is 3. The molecule has 0 spiro atoms. The molecule has 3 amide bonds. The quantitative estimate of drug-likeness (QED) is 0.829. The first-order valence-corrected chi connectivity index (χ1v) is 9.10. The molecule has 0 radical (unpaired) electrons. The Morgan fingerprint density at radius 3 is 2.52 bits per heavy atom. The summed E-state index contributed by atoms with van der Waals surface area (Å²) in [4.78, 5) is 28.0. The van der Waals surface area contributed by atoms with Crippen LogP contribution in [0.2, 0.25) is 0 Å². The second-order valence-electron chi connectivity index (χ2n) is 6.51. The van der Waals surface area contributed by atoms with Gasteiger partial charge in [0.25, 0.3) is 0 Å². The van der Waals surface area contributed by atoms with Crippen molar-refractivity contribution < 1.29 is 14.7 Å². The number of piperidine rings is 1. The number of hydrogen-bond donors (Lipinski definition) is 2. The van der Waals surface area contributed by atoms with Crippen LogP contribution in [0, 0.1) is 5.92 Å². The summed E-state index contributed by atoms with van der Waals surface area (Å²) in [5, 5.41) is 12.2. The minimum atomic E-state index is -0.134. The zero-order valence-corrected chi connectivity index (χ0v) is 15.2. The largest absolute Gasteiger partial charge is 0.396 e. The molecule has 138 valence electrons. The van der Waals surface area contributed by atoms with E-state index in [1.54, 1.807) is 4.90 Å². The van der Waals surface area contributed by atoms with Gasteiger partial charge in [-0.2, -0.15) is 0 Å². The Morgan fingerprint density at radius 2 is 1.92 bits per heavy atom. The Morgan fingerprint density at radius 1 is 1.24 bits per heavy atom. The Hall–Kier alpha value is -2.08. The predicted molar refractivity (Wildman–Crippen MR) is 98.5 cm³/mol. The van der Waals surface area contributed by atoms with Crippen molar-refractivity contribution in [2.24, 2.45) is 5.92 Å². The fourth-order valence-corrected chi connectivity index (χ4v) is 3.17. The summed E-state index contributed by atoms with van der Waals surface area (Å²) < 4.78 is 0. The summed E-state index contributed by atoms with van der Waals surface area (Å²) >= 11 is 0. The summed E-state index contributed by atoms with van der Waals surface area (Å²) in [5.74, 6) is 0.290. The number of carbonyl (C=O) groups is 2. The van der Waals surface area contributed by atoms with Gasteiger partial charge in [-0.15, -0.1) is 0 Å². The second kappa shape index (κ2) is 9.42. The minimum Gasteiger partial charge on any atom is -0.396 e. The van der Waals surface area contributed by atoms with Crippen LogP contribution in [0.5, 0.6) is 0 Å². The third-order valence-corrected chi connectivity index (χ3v) is 4.74. The van der Waals surface area contributed by atoms with Crippen molar-refractivity contribution in [3.05, 3.63) is 29.8 Å². The zero-order valence-electron chi connectivity index (χ0n) is 15.2. The minimum absolute atomic E-state index is 0.116. The maximum atomic E-state index is 12.3. The van der Waals surface area contributed by atoms with E-state index in [4.69, 9.17) is 0 Å². The van der Waals surface area contributed by atoms with Crippen LogP contribution in [0.4, 0.5) is 10.5 Å². The molecule has 0 aliphatic carbocycles. The molecule has 6 nitrogen and oxygen atoms in total. The maximum Gasteiger partial charge on any atom is 0.321 e. The van der Waals surface area contributed by atoms with Gasteiger partial charge in [0.1, 0.15) is 0 Å². The molecule has 1 fully saturated rings. The number of anilines is 1. The topological polar surface area (TPSA) is 72.9 Å². The van der Waals surface area contributed by atoms with E-state index >= 15 is 0 Å². The van der Waals surface area contributed by atoms with Crippen molar-refractivity contribution in [2.75, 3.05) is 38.1 Å². The summed E-state index contributed by atoms with van der Waals surface area (Å²) in [7, 11) is 0. The lowest BCUT2D eigenvalue weighted by Gasteiger charge is -2.31. The summed E-state index contributed by atoms with van der Waals surface area (Å²) in [6.07, 6.45) is 2.26. The molecule has 1 unspecified atom stereocenters. The summed E-state index contributed by atoms with van der Waals surface area (Å²) in [6.45, 7) is 6.82. The fourth-order valence-electron chi connectivity index (χ4n) is 3.17. The van der Waals surface area contributed by atoms with E-state index < -0.39 is 0 Å². The van der Waals surface area contributed by atoms with Gasteiger partial charge in [-0.3, -0.25) is 4.79 Å². The molecule has 2 rings (SSSR count). The molecule has 1 aliphatic rings. The Labute approximate surface area is 149 Å². The van der Waals surface area contributed by atoms with Crippen molar-refractivity contribution in [3.8, 4) is 0 Å². The van der Waals surface area contributed by atoms with Crippen LogP contribution in [0.1, 0.15) is 32.3 Å². The number of likely N-dealkylation sites (tertiary alicyclic amines) is 1. The highest BCUT2D eigenvalue weighted by Gasteiger charge is 2.23. The standard InChI is InChI=1S/C19H29N3O3/c1-3-21(4-2)18(24)12-15-7-9-17(10-8-15)20-19(25)22-11-5-6-16(13-22)14-23/h7-10,16,23H,3-6,11-14H2,1-2H3,(H,20,25). The molecule has 0 aromatic heterocycles. The van der Waals surface area contributed by atoms with Crippen molar-refractivity contribution in [1.82, 2.24) is 9.80 Å². The average molecular weight is 347 g/mol. The summed E-state index contributed by atoms with van der Waals surface area (Å²) in [5.41, 5.74) is 1.66. The molecule has 1 saturated heterocycles. The molecule has 1 aromatic carbocycles. The molecular formula is C19H29N3O3. The van der Waals surface area contributed by atoms with E-state index in [9.17, 15) is 14.7 Å². The van der Waals surface area contributed by atoms with Crippen LogP contribution in [0.25, 0.3) is 0 Å². The zero-order chi connectivity index (χ0) is 18.2. The average Bonchev–Trinajstić information content (AvgIpc) is 2.64. The van der Waals surface area contributed by atoms with Gasteiger partial charge in [-0.1, -0.05) is 12.1 Å². The van der Waals surface area contributed by atoms with Crippen molar-refractivity contribution in [2.45, 2.75) is 33.1 Å². The number of aliphatic hydroxyl groups is 1. The van der Waals surface area contributed by atoms with Crippen LogP contribution < -0.4 is 5.32 Å². The van der Waals surface area contributed by atoms with Gasteiger partial charge >= 0.3 is 6.03 Å². The lowest BCUT2D eigenvalue weighted by molar-refractivity contribution is -0.130. The van der Waals surface area contributed by atoms with Crippen LogP contribution >= 0.6 is 0 Å². The molecule has 25 heavy (non-hydrogen) atoms. The normalized spacial score (nSPS) is 17.2. The molecule has 1 heterocycles. The Bertz CT molecular complexity index is 570. The molecule has 0 bridgehead atoms. The first kappa shape index (κ1) is 19.2. The van der Waals surface area contributed by atoms with Gasteiger partial charge in [0, 0.05) is 38.5 Å². The SMILES string of the molecule is CCN(CC)C(=O)Cc1ccc(NC(=O)N2CCCC(CO)C2)cc1. The van der Waals surface area contributed by atoms with Gasteiger partial charge in [0.2, 0.25) is 5.91 Å². The van der Waals surface area contributed by atoms with Gasteiger partial charge in [-0.25, -0.2) is 4.79 Å². The number of amides is 3. The van der Waals surface area contributed by atoms with E-state index in [0.717, 1.165) is 30.6 Å². The third-order valence-electron chi connectivity index (χ3n) is 4.74. The first-order chi connectivity index (χ1) is 12.1. The van der Waals surface area contributed by atoms with Crippen LogP contribution in [0.3, 0.4) is 0 Å². The maximum absolute atomic E-state index is 12.3. The third kappa shape index (κ3) is 5.46. The number of carbonyl (C=O) groups excluding carboxylic acids is 2. The Kier molecular flexibility index (Phi) is 7.25. The van der Waals surface area contributed by atoms with Crippen molar-refractivity contribution in [3.63, 3.8) is 0 Å². The summed E-state index contributed by atoms with van der Waals surface area (Å²) in [6, 6.07) is 7.28. The molecule has 1 aromatic rings. The number of rotatable bonds is 6. The van der Waals surface area contributed by atoms with Crippen LogP contribution in [0.15, 0.2) is 24.3 Å². The number of aliphatic hydroxyl groups excluding tert-OH is 1. The highest BCUT2D eigenvalue weighted by Crippen LogP contribution is 2.18. The molecule has 0 saturated carbocycles. The van der Waals surface area contributed by atoms with Gasteiger partial charge < -0.3 is 20.2 Å². The van der Waals surface area contributed by atoms with E-state index in [1.807, 2.05) is 43.0 Å². The number of likely N-dealkylation sites (N-methyl/N-ethyl adjacent to an activating group) is 1. The van der Waals surface area contributed by atoms with Gasteiger partial charge in [0.05, 0.1) is 6.42 Å². The van der Waals surface area contributed by atoms with E-state index in [-0.39, 0.29) is 24.5 Å². The smallest absolute Gasteiger partial charge is 0.321 e.